The van der Waals surface area contributed by atoms with Crippen molar-refractivity contribution in [3.05, 3.63) is 0 Å². The van der Waals surface area contributed by atoms with E-state index in [0.29, 0.717) is 0 Å². The summed E-state index contributed by atoms with van der Waals surface area (Å²) in [6.45, 7) is 0.267. The fourth-order valence-corrected chi connectivity index (χ4v) is 0.335. The Balaban J connectivity index is 0.000000490. The van der Waals surface area contributed by atoms with Crippen LogP contribution in [0.25, 0.3) is 0 Å². The summed E-state index contributed by atoms with van der Waals surface area (Å²) in [5.74, 6) is -0.0255. The Bertz CT molecular complexity index is 141. The van der Waals surface area contributed by atoms with Gasteiger partial charge in [-0.25, -0.2) is 4.99 Å². The quantitative estimate of drug-likeness (QED) is 0.522. The van der Waals surface area contributed by atoms with Gasteiger partial charge in [0.15, 0.2) is 5.78 Å². The number of rotatable bonds is 0. The molecular formula is C4H5BrN2O. The highest BCUT2D eigenvalue weighted by Gasteiger charge is 1.94. The summed E-state index contributed by atoms with van der Waals surface area (Å²) in [5.41, 5.74) is 0. The molecule has 1 aliphatic heterocycles. The summed E-state index contributed by atoms with van der Waals surface area (Å²) < 4.78 is 0. The minimum atomic E-state index is -0.0255. The number of carbonyl (C=O) groups excluding carboxylic acids is 1. The maximum absolute atomic E-state index is 10.2. The first-order chi connectivity index (χ1) is 3.39. The molecule has 0 bridgehead atoms. The highest BCUT2D eigenvalue weighted by Crippen LogP contribution is 1.76. The third kappa shape index (κ3) is 1.97. The maximum atomic E-state index is 10.2. The third-order valence-electron chi connectivity index (χ3n) is 0.614. The average Bonchev–Trinajstić information content (AvgIpc) is 1.69. The maximum Gasteiger partial charge on any atom is 0.195 e. The summed E-state index contributed by atoms with van der Waals surface area (Å²) in [7, 11) is 0. The number of ketones is 1. The molecule has 0 unspecified atom stereocenters. The molecule has 0 aliphatic carbocycles. The fourth-order valence-electron chi connectivity index (χ4n) is 0.335. The first-order valence-electron chi connectivity index (χ1n) is 1.94. The van der Waals surface area contributed by atoms with Crippen LogP contribution in [0.15, 0.2) is 9.98 Å². The Hall–Kier alpha value is -0.510. The van der Waals surface area contributed by atoms with Crippen molar-refractivity contribution < 1.29 is 4.79 Å². The number of hydrogen-bond donors (Lipinski definition) is 0. The standard InChI is InChI=1S/C4H4N2O.BrH/c7-4-1-5-3-6-2-4;/h1,3H,2H2;1H. The van der Waals surface area contributed by atoms with Crippen molar-refractivity contribution in [1.82, 2.24) is 0 Å². The predicted molar refractivity (Wildman–Crippen MR) is 37.2 cm³/mol. The molecule has 8 heavy (non-hydrogen) atoms. The predicted octanol–water partition coefficient (Wildman–Crippen LogP) is 0.246. The third-order valence-corrected chi connectivity index (χ3v) is 0.614. The van der Waals surface area contributed by atoms with E-state index in [9.17, 15) is 4.79 Å². The largest absolute Gasteiger partial charge is 0.291 e. The number of Topliss-reactive ketones (excluding diaryl/α,β-unsaturated/α-hetero) is 1. The van der Waals surface area contributed by atoms with Crippen LogP contribution in [0.5, 0.6) is 0 Å². The van der Waals surface area contributed by atoms with E-state index in [1.165, 1.54) is 12.6 Å². The minimum absolute atomic E-state index is 0. The van der Waals surface area contributed by atoms with Gasteiger partial charge in [0.2, 0.25) is 0 Å². The number of carbonyl (C=O) groups is 1. The van der Waals surface area contributed by atoms with Gasteiger partial charge in [-0.05, 0) is 0 Å². The molecule has 0 saturated heterocycles. The molecule has 0 spiro atoms. The molecule has 4 heteroatoms. The second-order valence-corrected chi connectivity index (χ2v) is 1.20. The van der Waals surface area contributed by atoms with Crippen molar-refractivity contribution >= 4 is 35.3 Å². The molecule has 1 rings (SSSR count). The molecule has 1 heterocycles. The van der Waals surface area contributed by atoms with E-state index in [1.54, 1.807) is 0 Å². The van der Waals surface area contributed by atoms with Crippen LogP contribution >= 0.6 is 17.0 Å². The molecule has 0 atom stereocenters. The van der Waals surface area contributed by atoms with Gasteiger partial charge in [-0.2, -0.15) is 0 Å². The van der Waals surface area contributed by atoms with E-state index < -0.39 is 0 Å². The van der Waals surface area contributed by atoms with Crippen LogP contribution in [-0.4, -0.2) is 24.9 Å². The molecule has 0 radical (unpaired) electrons. The van der Waals surface area contributed by atoms with E-state index in [4.69, 9.17) is 0 Å². The second kappa shape index (κ2) is 3.49. The van der Waals surface area contributed by atoms with E-state index in [0.717, 1.165) is 0 Å². The van der Waals surface area contributed by atoms with Crippen LogP contribution in [0.2, 0.25) is 0 Å². The van der Waals surface area contributed by atoms with E-state index >= 15 is 0 Å². The normalized spacial score (nSPS) is 15.8. The van der Waals surface area contributed by atoms with Gasteiger partial charge >= 0.3 is 0 Å². The van der Waals surface area contributed by atoms with Gasteiger partial charge in [-0.15, -0.1) is 17.0 Å². The molecular weight excluding hydrogens is 172 g/mol. The lowest BCUT2D eigenvalue weighted by Gasteiger charge is -1.88. The Morgan fingerprint density at radius 3 is 2.62 bits per heavy atom. The molecule has 0 saturated carbocycles. The Labute approximate surface area is 57.3 Å². The van der Waals surface area contributed by atoms with E-state index in [2.05, 4.69) is 9.98 Å². The Kier molecular flexibility index (Phi) is 3.26. The van der Waals surface area contributed by atoms with Gasteiger partial charge in [-0.3, -0.25) is 9.79 Å². The molecule has 0 aromatic heterocycles. The van der Waals surface area contributed by atoms with E-state index in [1.807, 2.05) is 0 Å². The van der Waals surface area contributed by atoms with Gasteiger partial charge in [0.25, 0.3) is 0 Å². The molecule has 0 amide bonds. The number of aliphatic imine (C=N–C) groups is 2. The summed E-state index contributed by atoms with van der Waals surface area (Å²) >= 11 is 0. The van der Waals surface area contributed by atoms with Gasteiger partial charge in [0.05, 0.1) is 6.21 Å². The van der Waals surface area contributed by atoms with Crippen LogP contribution in [-0.2, 0) is 4.79 Å². The topological polar surface area (TPSA) is 41.8 Å². The summed E-state index contributed by atoms with van der Waals surface area (Å²) in [4.78, 5) is 17.3. The molecule has 0 aromatic rings. The van der Waals surface area contributed by atoms with Crippen LogP contribution in [0.3, 0.4) is 0 Å². The van der Waals surface area contributed by atoms with Crippen molar-refractivity contribution in [3.63, 3.8) is 0 Å². The lowest BCUT2D eigenvalue weighted by atomic mass is 10.4. The number of halogens is 1. The first kappa shape index (κ1) is 7.49. The van der Waals surface area contributed by atoms with Crippen molar-refractivity contribution in [1.29, 1.82) is 0 Å². The zero-order chi connectivity index (χ0) is 5.11. The molecule has 0 N–H and O–H groups in total. The molecule has 0 aromatic carbocycles. The zero-order valence-electron chi connectivity index (χ0n) is 4.07. The van der Waals surface area contributed by atoms with Crippen molar-refractivity contribution in [3.8, 4) is 0 Å². The van der Waals surface area contributed by atoms with E-state index in [-0.39, 0.29) is 29.3 Å². The second-order valence-electron chi connectivity index (χ2n) is 1.20. The zero-order valence-corrected chi connectivity index (χ0v) is 5.79. The Morgan fingerprint density at radius 1 is 1.62 bits per heavy atom. The Morgan fingerprint density at radius 2 is 2.38 bits per heavy atom. The SMILES string of the molecule is Br.O=C1C=NC=NC1. The van der Waals surface area contributed by atoms with Gasteiger partial charge in [-0.1, -0.05) is 0 Å². The van der Waals surface area contributed by atoms with Crippen LogP contribution < -0.4 is 0 Å². The van der Waals surface area contributed by atoms with Gasteiger partial charge < -0.3 is 0 Å². The van der Waals surface area contributed by atoms with Gasteiger partial charge in [0, 0.05) is 0 Å². The van der Waals surface area contributed by atoms with Crippen LogP contribution in [0, 0.1) is 0 Å². The lowest BCUT2D eigenvalue weighted by molar-refractivity contribution is -0.111. The summed E-state index contributed by atoms with van der Waals surface area (Å²) in [6, 6.07) is 0. The molecule has 44 valence electrons. The number of hydrogen-bond acceptors (Lipinski definition) is 3. The monoisotopic (exact) mass is 176 g/mol. The minimum Gasteiger partial charge on any atom is -0.291 e. The molecule has 3 nitrogen and oxygen atoms in total. The summed E-state index contributed by atoms with van der Waals surface area (Å²) in [5, 5.41) is 0. The van der Waals surface area contributed by atoms with Crippen molar-refractivity contribution in [2.24, 2.45) is 9.98 Å². The highest BCUT2D eigenvalue weighted by molar-refractivity contribution is 8.93. The number of nitrogens with zero attached hydrogens (tertiary/aromatic N) is 2. The average molecular weight is 177 g/mol. The summed E-state index contributed by atoms with van der Waals surface area (Å²) in [6.07, 6.45) is 2.65. The lowest BCUT2D eigenvalue weighted by Crippen LogP contribution is -2.06. The van der Waals surface area contributed by atoms with Gasteiger partial charge in [0.1, 0.15) is 12.9 Å². The van der Waals surface area contributed by atoms with Crippen LogP contribution in [0.1, 0.15) is 0 Å². The van der Waals surface area contributed by atoms with Crippen molar-refractivity contribution in [2.75, 3.05) is 6.54 Å². The van der Waals surface area contributed by atoms with Crippen LogP contribution in [0.4, 0.5) is 0 Å². The van der Waals surface area contributed by atoms with Crippen molar-refractivity contribution in [2.45, 2.75) is 0 Å². The highest BCUT2D eigenvalue weighted by atomic mass is 79.9. The molecule has 1 aliphatic rings. The smallest absolute Gasteiger partial charge is 0.195 e. The fraction of sp³-hybridized carbons (Fsp3) is 0.250. The first-order valence-corrected chi connectivity index (χ1v) is 1.94. The molecule has 0 fully saturated rings.